The number of hydrogen-bond acceptors (Lipinski definition) is 5. The normalized spacial score (nSPS) is 22.5. The SMILES string of the molecule is COC(=O)c1ccc(CN(CC2CCCCN2)C2CC2)o1. The Balaban J connectivity index is 1.59. The van der Waals surface area contributed by atoms with Crippen molar-refractivity contribution in [3.63, 3.8) is 0 Å². The summed E-state index contributed by atoms with van der Waals surface area (Å²) in [4.78, 5) is 13.9. The number of hydrogen-bond donors (Lipinski definition) is 1. The van der Waals surface area contributed by atoms with Gasteiger partial charge < -0.3 is 14.5 Å². The standard InChI is InChI=1S/C16H24N2O3/c1-20-16(19)15-8-7-14(21-15)11-18(13-5-6-13)10-12-4-2-3-9-17-12/h7-8,12-13,17H,2-6,9-11H2,1H3. The number of nitrogens with zero attached hydrogens (tertiary/aromatic N) is 1. The Labute approximate surface area is 125 Å². The van der Waals surface area contributed by atoms with Gasteiger partial charge in [0.25, 0.3) is 0 Å². The van der Waals surface area contributed by atoms with Crippen LogP contribution in [0, 0.1) is 0 Å². The number of furan rings is 1. The molecular weight excluding hydrogens is 268 g/mol. The Hall–Kier alpha value is -1.33. The molecule has 5 nitrogen and oxygen atoms in total. The molecule has 0 amide bonds. The van der Waals surface area contributed by atoms with Gasteiger partial charge in [-0.25, -0.2) is 4.79 Å². The predicted molar refractivity (Wildman–Crippen MR) is 79.1 cm³/mol. The summed E-state index contributed by atoms with van der Waals surface area (Å²) in [6, 6.07) is 4.86. The summed E-state index contributed by atoms with van der Waals surface area (Å²) in [6.07, 6.45) is 6.42. The molecule has 1 unspecified atom stereocenters. The summed E-state index contributed by atoms with van der Waals surface area (Å²) < 4.78 is 10.3. The topological polar surface area (TPSA) is 54.7 Å². The summed E-state index contributed by atoms with van der Waals surface area (Å²) >= 11 is 0. The number of piperidine rings is 1. The van der Waals surface area contributed by atoms with E-state index in [4.69, 9.17) is 4.42 Å². The number of rotatable bonds is 6. The van der Waals surface area contributed by atoms with Crippen LogP contribution in [-0.4, -0.2) is 43.2 Å². The second kappa shape index (κ2) is 6.62. The Bertz CT molecular complexity index is 476. The molecule has 0 spiro atoms. The fourth-order valence-corrected chi connectivity index (χ4v) is 3.02. The first-order valence-corrected chi connectivity index (χ1v) is 7.90. The molecule has 0 bridgehead atoms. The van der Waals surface area contributed by atoms with E-state index in [2.05, 4.69) is 15.0 Å². The molecule has 1 N–H and O–H groups in total. The van der Waals surface area contributed by atoms with Crippen molar-refractivity contribution in [3.05, 3.63) is 23.7 Å². The number of methoxy groups -OCH3 is 1. The minimum absolute atomic E-state index is 0.291. The van der Waals surface area contributed by atoms with E-state index in [0.29, 0.717) is 17.8 Å². The zero-order valence-electron chi connectivity index (χ0n) is 12.6. The highest BCUT2D eigenvalue weighted by Gasteiger charge is 2.31. The van der Waals surface area contributed by atoms with Crippen LogP contribution in [0.25, 0.3) is 0 Å². The van der Waals surface area contributed by atoms with E-state index in [1.54, 1.807) is 6.07 Å². The van der Waals surface area contributed by atoms with Gasteiger partial charge in [0.2, 0.25) is 5.76 Å². The monoisotopic (exact) mass is 292 g/mol. The number of ether oxygens (including phenoxy) is 1. The fraction of sp³-hybridized carbons (Fsp3) is 0.688. The third-order valence-electron chi connectivity index (χ3n) is 4.34. The molecule has 1 aliphatic heterocycles. The highest BCUT2D eigenvalue weighted by Crippen LogP contribution is 2.29. The lowest BCUT2D eigenvalue weighted by molar-refractivity contribution is 0.0560. The van der Waals surface area contributed by atoms with Crippen LogP contribution in [0.15, 0.2) is 16.5 Å². The molecule has 0 radical (unpaired) electrons. The Kier molecular flexibility index (Phi) is 4.60. The maximum Gasteiger partial charge on any atom is 0.373 e. The summed E-state index contributed by atoms with van der Waals surface area (Å²) in [6.45, 7) is 2.98. The molecule has 3 rings (SSSR count). The highest BCUT2D eigenvalue weighted by molar-refractivity contribution is 5.86. The molecule has 1 saturated carbocycles. The van der Waals surface area contributed by atoms with Gasteiger partial charge in [0.05, 0.1) is 13.7 Å². The predicted octanol–water partition coefficient (Wildman–Crippen LogP) is 2.17. The van der Waals surface area contributed by atoms with Gasteiger partial charge >= 0.3 is 5.97 Å². The molecule has 1 aliphatic carbocycles. The van der Waals surface area contributed by atoms with Crippen LogP contribution >= 0.6 is 0 Å². The van der Waals surface area contributed by atoms with Gasteiger partial charge in [0.1, 0.15) is 5.76 Å². The van der Waals surface area contributed by atoms with Gasteiger partial charge in [-0.1, -0.05) is 6.42 Å². The highest BCUT2D eigenvalue weighted by atomic mass is 16.5. The van der Waals surface area contributed by atoms with Gasteiger partial charge in [0.15, 0.2) is 0 Å². The average Bonchev–Trinajstić information content (AvgIpc) is 3.26. The molecule has 2 heterocycles. The van der Waals surface area contributed by atoms with E-state index in [-0.39, 0.29) is 0 Å². The van der Waals surface area contributed by atoms with E-state index in [0.717, 1.165) is 25.4 Å². The molecule has 0 aromatic carbocycles. The Morgan fingerprint density at radius 2 is 2.24 bits per heavy atom. The molecule has 116 valence electrons. The number of carbonyl (C=O) groups is 1. The van der Waals surface area contributed by atoms with Gasteiger partial charge in [-0.3, -0.25) is 4.90 Å². The van der Waals surface area contributed by atoms with Gasteiger partial charge in [0, 0.05) is 18.6 Å². The first-order chi connectivity index (χ1) is 10.3. The van der Waals surface area contributed by atoms with Crippen LogP contribution in [0.5, 0.6) is 0 Å². The molecule has 1 atom stereocenters. The minimum atomic E-state index is -0.409. The first-order valence-electron chi connectivity index (χ1n) is 7.90. The van der Waals surface area contributed by atoms with Crippen molar-refractivity contribution in [2.75, 3.05) is 20.2 Å². The zero-order valence-corrected chi connectivity index (χ0v) is 12.6. The third-order valence-corrected chi connectivity index (χ3v) is 4.34. The first kappa shape index (κ1) is 14.6. The van der Waals surface area contributed by atoms with E-state index in [1.807, 2.05) is 6.07 Å². The van der Waals surface area contributed by atoms with Crippen LogP contribution in [0.1, 0.15) is 48.4 Å². The average molecular weight is 292 g/mol. The van der Waals surface area contributed by atoms with E-state index in [9.17, 15) is 4.79 Å². The van der Waals surface area contributed by atoms with Crippen molar-refractivity contribution < 1.29 is 13.9 Å². The van der Waals surface area contributed by atoms with E-state index < -0.39 is 5.97 Å². The molecule has 1 aromatic heterocycles. The van der Waals surface area contributed by atoms with Gasteiger partial charge in [-0.15, -0.1) is 0 Å². The second-order valence-corrected chi connectivity index (χ2v) is 6.06. The number of esters is 1. The smallest absolute Gasteiger partial charge is 0.373 e. The largest absolute Gasteiger partial charge is 0.463 e. The summed E-state index contributed by atoms with van der Waals surface area (Å²) in [5.41, 5.74) is 0. The minimum Gasteiger partial charge on any atom is -0.463 e. The lowest BCUT2D eigenvalue weighted by Crippen LogP contribution is -2.44. The van der Waals surface area contributed by atoms with Crippen molar-refractivity contribution >= 4 is 5.97 Å². The molecular formula is C16H24N2O3. The molecule has 2 fully saturated rings. The maximum atomic E-state index is 11.4. The summed E-state index contributed by atoms with van der Waals surface area (Å²) in [7, 11) is 1.37. The lowest BCUT2D eigenvalue weighted by atomic mass is 10.0. The van der Waals surface area contributed by atoms with Gasteiger partial charge in [-0.05, 0) is 44.4 Å². The Morgan fingerprint density at radius 1 is 1.38 bits per heavy atom. The van der Waals surface area contributed by atoms with Crippen LogP contribution in [0.2, 0.25) is 0 Å². The third kappa shape index (κ3) is 3.86. The van der Waals surface area contributed by atoms with E-state index in [1.165, 1.54) is 39.2 Å². The number of nitrogens with one attached hydrogen (secondary N) is 1. The quantitative estimate of drug-likeness (QED) is 0.814. The molecule has 2 aliphatic rings. The Morgan fingerprint density at radius 3 is 2.90 bits per heavy atom. The van der Waals surface area contributed by atoms with Crippen molar-refractivity contribution in [3.8, 4) is 0 Å². The molecule has 1 aromatic rings. The zero-order chi connectivity index (χ0) is 14.7. The second-order valence-electron chi connectivity index (χ2n) is 6.06. The van der Waals surface area contributed by atoms with Gasteiger partial charge in [-0.2, -0.15) is 0 Å². The van der Waals surface area contributed by atoms with Crippen LogP contribution in [-0.2, 0) is 11.3 Å². The summed E-state index contributed by atoms with van der Waals surface area (Å²) in [5, 5.41) is 3.60. The lowest BCUT2D eigenvalue weighted by Gasteiger charge is -2.30. The van der Waals surface area contributed by atoms with Crippen molar-refractivity contribution in [1.82, 2.24) is 10.2 Å². The molecule has 21 heavy (non-hydrogen) atoms. The van der Waals surface area contributed by atoms with Crippen LogP contribution in [0.3, 0.4) is 0 Å². The van der Waals surface area contributed by atoms with Crippen molar-refractivity contribution in [2.24, 2.45) is 0 Å². The van der Waals surface area contributed by atoms with Crippen molar-refractivity contribution in [1.29, 1.82) is 0 Å². The van der Waals surface area contributed by atoms with Crippen LogP contribution < -0.4 is 5.32 Å². The number of carbonyl (C=O) groups excluding carboxylic acids is 1. The fourth-order valence-electron chi connectivity index (χ4n) is 3.02. The molecule has 5 heteroatoms. The van der Waals surface area contributed by atoms with Crippen LogP contribution in [0.4, 0.5) is 0 Å². The van der Waals surface area contributed by atoms with E-state index >= 15 is 0 Å². The van der Waals surface area contributed by atoms with Crippen molar-refractivity contribution in [2.45, 2.75) is 50.7 Å². The maximum absolute atomic E-state index is 11.4. The summed E-state index contributed by atoms with van der Waals surface area (Å²) in [5.74, 6) is 0.727. The molecule has 1 saturated heterocycles.